The molecular formula is C7H9Cl. The molecule has 0 saturated heterocycles. The Labute approximate surface area is 54.8 Å². The van der Waals surface area contributed by atoms with Crippen molar-refractivity contribution < 1.29 is 0 Å². The molecule has 0 unspecified atom stereocenters. The van der Waals surface area contributed by atoms with Gasteiger partial charge in [0, 0.05) is 5.03 Å². The summed E-state index contributed by atoms with van der Waals surface area (Å²) in [6.07, 6.45) is 9.53. The molecule has 0 aromatic rings. The zero-order valence-corrected chi connectivity index (χ0v) is 5.49. The number of halogens is 1. The monoisotopic (exact) mass is 128 g/mol. The van der Waals surface area contributed by atoms with Gasteiger partial charge in [-0.3, -0.25) is 0 Å². The Bertz CT molecular complexity index is 122. The lowest BCUT2D eigenvalue weighted by atomic mass is 10.3. The maximum absolute atomic E-state index is 5.74. The molecule has 0 aromatic carbocycles. The van der Waals surface area contributed by atoms with Crippen molar-refractivity contribution in [2.24, 2.45) is 0 Å². The first-order chi connectivity index (χ1) is 3.89. The Hall–Kier alpha value is -0.230. The molecule has 0 heterocycles. The van der Waals surface area contributed by atoms with Crippen LogP contribution in [0, 0.1) is 0 Å². The Morgan fingerprint density at radius 1 is 1.38 bits per heavy atom. The summed E-state index contributed by atoms with van der Waals surface area (Å²) in [5.41, 5.74) is 0. The van der Waals surface area contributed by atoms with Gasteiger partial charge < -0.3 is 0 Å². The largest absolute Gasteiger partial charge is 0.0895 e. The van der Waals surface area contributed by atoms with E-state index in [1.165, 1.54) is 0 Å². The van der Waals surface area contributed by atoms with Crippen molar-refractivity contribution in [3.63, 3.8) is 0 Å². The number of hydrogen-bond acceptors (Lipinski definition) is 0. The summed E-state index contributed by atoms with van der Waals surface area (Å²) in [5.74, 6) is 0. The molecule has 44 valence electrons. The molecule has 0 bridgehead atoms. The van der Waals surface area contributed by atoms with Crippen LogP contribution in [0.5, 0.6) is 0 Å². The third-order valence-corrected chi connectivity index (χ3v) is 1.54. The highest BCUT2D eigenvalue weighted by molar-refractivity contribution is 6.29. The molecular weight excluding hydrogens is 120 g/mol. The molecule has 0 aromatic heterocycles. The third-order valence-electron chi connectivity index (χ3n) is 1.19. The maximum Gasteiger partial charge on any atom is 0.0147 e. The van der Waals surface area contributed by atoms with Gasteiger partial charge in [0.2, 0.25) is 0 Å². The zero-order chi connectivity index (χ0) is 5.82. The first-order valence-corrected chi connectivity index (χ1v) is 3.27. The van der Waals surface area contributed by atoms with Gasteiger partial charge in [0.25, 0.3) is 0 Å². The van der Waals surface area contributed by atoms with E-state index >= 15 is 0 Å². The first-order valence-electron chi connectivity index (χ1n) is 2.89. The predicted molar refractivity (Wildman–Crippen MR) is 36.9 cm³/mol. The minimum atomic E-state index is 1.01. The summed E-state index contributed by atoms with van der Waals surface area (Å²) < 4.78 is 0. The molecule has 0 amide bonds. The van der Waals surface area contributed by atoms with Gasteiger partial charge in [-0.15, -0.1) is 0 Å². The molecule has 0 fully saturated rings. The van der Waals surface area contributed by atoms with Gasteiger partial charge in [-0.05, 0) is 19.3 Å². The van der Waals surface area contributed by atoms with Gasteiger partial charge in [0.1, 0.15) is 0 Å². The number of rotatable bonds is 0. The standard InChI is InChI=1S/C7H9Cl/c8-7-5-3-1-2-4-6-7/h1-2,5H,3-4,6H2. The number of allylic oxidation sites excluding steroid dienone is 4. The van der Waals surface area contributed by atoms with E-state index in [0.717, 1.165) is 24.3 Å². The maximum atomic E-state index is 5.74. The van der Waals surface area contributed by atoms with Gasteiger partial charge in [-0.2, -0.15) is 0 Å². The highest BCUT2D eigenvalue weighted by Gasteiger charge is 1.91. The molecule has 0 N–H and O–H groups in total. The van der Waals surface area contributed by atoms with Crippen molar-refractivity contribution in [3.8, 4) is 0 Å². The van der Waals surface area contributed by atoms with E-state index < -0.39 is 0 Å². The molecule has 1 aliphatic carbocycles. The molecule has 8 heavy (non-hydrogen) atoms. The molecule has 0 aliphatic heterocycles. The fourth-order valence-corrected chi connectivity index (χ4v) is 0.931. The van der Waals surface area contributed by atoms with E-state index in [9.17, 15) is 0 Å². The molecule has 1 heteroatoms. The van der Waals surface area contributed by atoms with Crippen molar-refractivity contribution >= 4 is 11.6 Å². The van der Waals surface area contributed by atoms with Crippen LogP contribution >= 0.6 is 11.6 Å². The lowest BCUT2D eigenvalue weighted by Crippen LogP contribution is -1.66. The van der Waals surface area contributed by atoms with Crippen LogP contribution in [0.1, 0.15) is 19.3 Å². The molecule has 1 aliphatic rings. The van der Waals surface area contributed by atoms with Crippen LogP contribution in [0.3, 0.4) is 0 Å². The SMILES string of the molecule is ClC1=CCC=CCC1. The van der Waals surface area contributed by atoms with Crippen LogP contribution in [-0.4, -0.2) is 0 Å². The molecule has 0 radical (unpaired) electrons. The molecule has 0 spiro atoms. The molecule has 0 saturated carbocycles. The average Bonchev–Trinajstić information content (AvgIpc) is 1.94. The van der Waals surface area contributed by atoms with E-state index in [4.69, 9.17) is 11.6 Å². The highest BCUT2D eigenvalue weighted by atomic mass is 35.5. The van der Waals surface area contributed by atoms with Crippen LogP contribution in [0.15, 0.2) is 23.3 Å². The summed E-state index contributed by atoms with van der Waals surface area (Å²) in [6, 6.07) is 0. The van der Waals surface area contributed by atoms with Crippen molar-refractivity contribution in [2.45, 2.75) is 19.3 Å². The van der Waals surface area contributed by atoms with E-state index in [2.05, 4.69) is 18.2 Å². The second-order valence-electron chi connectivity index (χ2n) is 1.90. The Morgan fingerprint density at radius 2 is 2.25 bits per heavy atom. The average molecular weight is 129 g/mol. The number of hydrogen-bond donors (Lipinski definition) is 0. The normalized spacial score (nSPS) is 19.9. The minimum Gasteiger partial charge on any atom is -0.0895 e. The fourth-order valence-electron chi connectivity index (χ4n) is 0.733. The van der Waals surface area contributed by atoms with Gasteiger partial charge in [-0.1, -0.05) is 29.8 Å². The lowest BCUT2D eigenvalue weighted by molar-refractivity contribution is 1.04. The molecule has 0 nitrogen and oxygen atoms in total. The van der Waals surface area contributed by atoms with E-state index in [-0.39, 0.29) is 0 Å². The summed E-state index contributed by atoms with van der Waals surface area (Å²) >= 11 is 5.74. The summed E-state index contributed by atoms with van der Waals surface area (Å²) in [4.78, 5) is 0. The van der Waals surface area contributed by atoms with Gasteiger partial charge in [0.05, 0.1) is 0 Å². The third kappa shape index (κ3) is 1.71. The Kier molecular flexibility index (Phi) is 2.16. The second kappa shape index (κ2) is 2.93. The van der Waals surface area contributed by atoms with Gasteiger partial charge >= 0.3 is 0 Å². The van der Waals surface area contributed by atoms with Crippen LogP contribution < -0.4 is 0 Å². The summed E-state index contributed by atoms with van der Waals surface area (Å²) in [6.45, 7) is 0. The first kappa shape index (κ1) is 5.90. The lowest BCUT2D eigenvalue weighted by Gasteiger charge is -1.87. The smallest absolute Gasteiger partial charge is 0.0147 e. The van der Waals surface area contributed by atoms with Gasteiger partial charge in [0.15, 0.2) is 0 Å². The van der Waals surface area contributed by atoms with Crippen LogP contribution in [-0.2, 0) is 0 Å². The molecule has 0 atom stereocenters. The van der Waals surface area contributed by atoms with Crippen LogP contribution in [0.25, 0.3) is 0 Å². The van der Waals surface area contributed by atoms with Crippen molar-refractivity contribution in [1.82, 2.24) is 0 Å². The van der Waals surface area contributed by atoms with E-state index in [0.29, 0.717) is 0 Å². The topological polar surface area (TPSA) is 0 Å². The highest BCUT2D eigenvalue weighted by Crippen LogP contribution is 2.14. The van der Waals surface area contributed by atoms with Crippen molar-refractivity contribution in [1.29, 1.82) is 0 Å². The Balaban J connectivity index is 2.48. The fraction of sp³-hybridized carbons (Fsp3) is 0.429. The Morgan fingerprint density at radius 3 is 3.12 bits per heavy atom. The van der Waals surface area contributed by atoms with E-state index in [1.54, 1.807) is 0 Å². The van der Waals surface area contributed by atoms with Crippen molar-refractivity contribution in [2.75, 3.05) is 0 Å². The van der Waals surface area contributed by atoms with Crippen LogP contribution in [0.4, 0.5) is 0 Å². The van der Waals surface area contributed by atoms with E-state index in [1.807, 2.05) is 0 Å². The quantitative estimate of drug-likeness (QED) is 0.440. The summed E-state index contributed by atoms with van der Waals surface area (Å²) in [5, 5.41) is 1.01. The van der Waals surface area contributed by atoms with Gasteiger partial charge in [-0.25, -0.2) is 0 Å². The van der Waals surface area contributed by atoms with Crippen LogP contribution in [0.2, 0.25) is 0 Å². The summed E-state index contributed by atoms with van der Waals surface area (Å²) in [7, 11) is 0. The minimum absolute atomic E-state index is 1.01. The molecule has 1 rings (SSSR count). The zero-order valence-electron chi connectivity index (χ0n) is 4.73. The second-order valence-corrected chi connectivity index (χ2v) is 2.38. The van der Waals surface area contributed by atoms with Crippen molar-refractivity contribution in [3.05, 3.63) is 23.3 Å². The predicted octanol–water partition coefficient (Wildman–Crippen LogP) is 2.85.